The van der Waals surface area contributed by atoms with Gasteiger partial charge in [-0.25, -0.2) is 9.59 Å². The van der Waals surface area contributed by atoms with Gasteiger partial charge in [-0.15, -0.1) is 0 Å². The molecule has 4 N–H and O–H groups in total. The maximum atomic E-state index is 11.5. The predicted octanol–water partition coefficient (Wildman–Crippen LogP) is -1.15. The first kappa shape index (κ1) is 14.7. The Labute approximate surface area is 93.7 Å². The van der Waals surface area contributed by atoms with Crippen LogP contribution < -0.4 is 5.32 Å². The van der Waals surface area contributed by atoms with E-state index in [9.17, 15) is 9.59 Å². The van der Waals surface area contributed by atoms with Crippen LogP contribution in [0.2, 0.25) is 0 Å². The number of hydrogen-bond donors (Lipinski definition) is 4. The fraction of sp³-hybridized carbons (Fsp3) is 0.778. The number of aliphatic hydroxyl groups excluding tert-OH is 2. The fourth-order valence-electron chi connectivity index (χ4n) is 1.13. The molecule has 7 heteroatoms. The highest BCUT2D eigenvalue weighted by Gasteiger charge is 2.21. The van der Waals surface area contributed by atoms with Gasteiger partial charge in [0.1, 0.15) is 0 Å². The van der Waals surface area contributed by atoms with E-state index in [-0.39, 0.29) is 13.2 Å². The number of hydrogen-bond acceptors (Lipinski definition) is 4. The normalized spacial score (nSPS) is 11.9. The van der Waals surface area contributed by atoms with E-state index in [0.29, 0.717) is 13.0 Å². The number of amides is 2. The van der Waals surface area contributed by atoms with Gasteiger partial charge in [0, 0.05) is 13.1 Å². The van der Waals surface area contributed by atoms with Crippen LogP contribution in [0.3, 0.4) is 0 Å². The Bertz CT molecular complexity index is 228. The third-order valence-electron chi connectivity index (χ3n) is 1.93. The molecule has 0 aromatic carbocycles. The monoisotopic (exact) mass is 234 g/mol. The molecule has 0 spiro atoms. The predicted molar refractivity (Wildman–Crippen MR) is 56.0 cm³/mol. The molecule has 16 heavy (non-hydrogen) atoms. The molecule has 7 nitrogen and oxygen atoms in total. The van der Waals surface area contributed by atoms with Gasteiger partial charge in [-0.1, -0.05) is 6.92 Å². The number of carboxylic acids is 1. The van der Waals surface area contributed by atoms with Crippen LogP contribution in [0.25, 0.3) is 0 Å². The summed E-state index contributed by atoms with van der Waals surface area (Å²) in [4.78, 5) is 23.4. The fourth-order valence-corrected chi connectivity index (χ4v) is 1.13. The lowest BCUT2D eigenvalue weighted by atomic mass is 10.3. The minimum atomic E-state index is -1.31. The van der Waals surface area contributed by atoms with Crippen molar-refractivity contribution in [1.29, 1.82) is 0 Å². The standard InChI is InChI=1S/C9H18N2O5/c1-2-3-11(4-5-12)9(16)10-7(6-13)8(14)15/h7,12-13H,2-6H2,1H3,(H,10,16)(H,14,15)/t7-/m0/s1. The average molecular weight is 234 g/mol. The molecule has 0 fully saturated rings. The number of nitrogens with one attached hydrogen (secondary N) is 1. The van der Waals surface area contributed by atoms with Gasteiger partial charge in [0.05, 0.1) is 13.2 Å². The molecule has 0 aromatic rings. The van der Waals surface area contributed by atoms with Gasteiger partial charge < -0.3 is 25.5 Å². The van der Waals surface area contributed by atoms with Gasteiger partial charge >= 0.3 is 12.0 Å². The highest BCUT2D eigenvalue weighted by molar-refractivity contribution is 5.82. The summed E-state index contributed by atoms with van der Waals surface area (Å²) < 4.78 is 0. The molecule has 0 aromatic heterocycles. The summed E-state index contributed by atoms with van der Waals surface area (Å²) in [5.41, 5.74) is 0. The van der Waals surface area contributed by atoms with Gasteiger partial charge in [0.15, 0.2) is 6.04 Å². The number of carboxylic acid groups (broad SMARTS) is 1. The first-order valence-corrected chi connectivity index (χ1v) is 5.06. The Balaban J connectivity index is 4.32. The van der Waals surface area contributed by atoms with E-state index in [4.69, 9.17) is 15.3 Å². The number of urea groups is 1. The largest absolute Gasteiger partial charge is 0.480 e. The van der Waals surface area contributed by atoms with E-state index in [1.54, 1.807) is 0 Å². The lowest BCUT2D eigenvalue weighted by molar-refractivity contribution is -0.140. The molecule has 0 aliphatic rings. The first-order chi connectivity index (χ1) is 7.56. The maximum absolute atomic E-state index is 11.5. The Kier molecular flexibility index (Phi) is 7.23. The lowest BCUT2D eigenvalue weighted by Crippen LogP contribution is -2.50. The van der Waals surface area contributed by atoms with Crippen molar-refractivity contribution >= 4 is 12.0 Å². The van der Waals surface area contributed by atoms with E-state index < -0.39 is 24.6 Å². The molecule has 0 radical (unpaired) electrons. The van der Waals surface area contributed by atoms with Gasteiger partial charge in [-0.3, -0.25) is 0 Å². The zero-order valence-corrected chi connectivity index (χ0v) is 9.22. The molecule has 1 atom stereocenters. The van der Waals surface area contributed by atoms with E-state index >= 15 is 0 Å². The molecule has 0 heterocycles. The van der Waals surface area contributed by atoms with Gasteiger partial charge in [-0.05, 0) is 6.42 Å². The lowest BCUT2D eigenvalue weighted by Gasteiger charge is -2.23. The van der Waals surface area contributed by atoms with Crippen LogP contribution in [0.5, 0.6) is 0 Å². The Morgan fingerprint density at radius 2 is 1.94 bits per heavy atom. The Hall–Kier alpha value is -1.34. The molecule has 0 bridgehead atoms. The zero-order chi connectivity index (χ0) is 12.6. The molecule has 0 saturated carbocycles. The Morgan fingerprint density at radius 3 is 2.31 bits per heavy atom. The quantitative estimate of drug-likeness (QED) is 0.444. The summed E-state index contributed by atoms with van der Waals surface area (Å²) in [6.07, 6.45) is 0.699. The minimum Gasteiger partial charge on any atom is -0.480 e. The van der Waals surface area contributed by atoms with Crippen molar-refractivity contribution in [2.75, 3.05) is 26.3 Å². The molecule has 94 valence electrons. The van der Waals surface area contributed by atoms with Gasteiger partial charge in [0.2, 0.25) is 0 Å². The number of carbonyl (C=O) groups is 2. The minimum absolute atomic E-state index is 0.136. The number of aliphatic hydroxyl groups is 2. The number of carbonyl (C=O) groups excluding carboxylic acids is 1. The second-order valence-corrected chi connectivity index (χ2v) is 3.23. The van der Waals surface area contributed by atoms with Crippen molar-refractivity contribution in [3.05, 3.63) is 0 Å². The summed E-state index contributed by atoms with van der Waals surface area (Å²) in [5, 5.41) is 28.2. The number of rotatable bonds is 7. The van der Waals surface area contributed by atoms with Gasteiger partial charge in [0.25, 0.3) is 0 Å². The maximum Gasteiger partial charge on any atom is 0.328 e. The van der Waals surface area contributed by atoms with Gasteiger partial charge in [-0.2, -0.15) is 0 Å². The van der Waals surface area contributed by atoms with Crippen LogP contribution in [0, 0.1) is 0 Å². The van der Waals surface area contributed by atoms with Crippen molar-refractivity contribution in [1.82, 2.24) is 10.2 Å². The van der Waals surface area contributed by atoms with E-state index in [1.807, 2.05) is 6.92 Å². The highest BCUT2D eigenvalue weighted by atomic mass is 16.4. The van der Waals surface area contributed by atoms with Crippen LogP contribution in [-0.4, -0.2) is 64.6 Å². The number of nitrogens with zero attached hydrogens (tertiary/aromatic N) is 1. The third kappa shape index (κ3) is 4.94. The van der Waals surface area contributed by atoms with Crippen molar-refractivity contribution in [2.24, 2.45) is 0 Å². The summed E-state index contributed by atoms with van der Waals surface area (Å²) in [6, 6.07) is -1.91. The Morgan fingerprint density at radius 1 is 1.31 bits per heavy atom. The first-order valence-electron chi connectivity index (χ1n) is 5.06. The molecule has 0 aliphatic heterocycles. The molecular weight excluding hydrogens is 216 g/mol. The van der Waals surface area contributed by atoms with Crippen LogP contribution in [-0.2, 0) is 4.79 Å². The smallest absolute Gasteiger partial charge is 0.328 e. The van der Waals surface area contributed by atoms with E-state index in [0.717, 1.165) is 0 Å². The van der Waals surface area contributed by atoms with Crippen LogP contribution in [0.1, 0.15) is 13.3 Å². The van der Waals surface area contributed by atoms with Crippen LogP contribution >= 0.6 is 0 Å². The van der Waals surface area contributed by atoms with E-state index in [1.165, 1.54) is 4.90 Å². The average Bonchev–Trinajstić information content (AvgIpc) is 2.24. The summed E-state index contributed by atoms with van der Waals surface area (Å²) in [6.45, 7) is 1.56. The zero-order valence-electron chi connectivity index (χ0n) is 9.22. The molecule has 0 saturated heterocycles. The second-order valence-electron chi connectivity index (χ2n) is 3.23. The summed E-state index contributed by atoms with van der Waals surface area (Å²) in [7, 11) is 0. The molecule has 0 unspecified atom stereocenters. The molecule has 0 rings (SSSR count). The molecule has 2 amide bonds. The van der Waals surface area contributed by atoms with Crippen molar-refractivity contribution in [3.8, 4) is 0 Å². The van der Waals surface area contributed by atoms with Crippen molar-refractivity contribution < 1.29 is 24.9 Å². The summed E-state index contributed by atoms with van der Waals surface area (Å²) >= 11 is 0. The SMILES string of the molecule is CCCN(CCO)C(=O)N[C@@H](CO)C(=O)O. The topological polar surface area (TPSA) is 110 Å². The highest BCUT2D eigenvalue weighted by Crippen LogP contribution is 1.94. The third-order valence-corrected chi connectivity index (χ3v) is 1.93. The second kappa shape index (κ2) is 7.89. The van der Waals surface area contributed by atoms with E-state index in [2.05, 4.69) is 5.32 Å². The van der Waals surface area contributed by atoms with Crippen molar-refractivity contribution in [3.63, 3.8) is 0 Å². The van der Waals surface area contributed by atoms with Crippen LogP contribution in [0.4, 0.5) is 4.79 Å². The van der Waals surface area contributed by atoms with Crippen LogP contribution in [0.15, 0.2) is 0 Å². The van der Waals surface area contributed by atoms with Crippen molar-refractivity contribution in [2.45, 2.75) is 19.4 Å². The molecule has 0 aliphatic carbocycles. The summed E-state index contributed by atoms with van der Waals surface area (Å²) in [5.74, 6) is -1.30. The molecular formula is C9H18N2O5. The number of aliphatic carboxylic acids is 1.